The fourth-order valence-electron chi connectivity index (χ4n) is 3.63. The summed E-state index contributed by atoms with van der Waals surface area (Å²) in [6.07, 6.45) is 1.45. The predicted octanol–water partition coefficient (Wildman–Crippen LogP) is 6.82. The summed E-state index contributed by atoms with van der Waals surface area (Å²) in [7, 11) is -1.47. The highest BCUT2D eigenvalue weighted by Gasteiger charge is 2.29. The van der Waals surface area contributed by atoms with Crippen LogP contribution in [0.2, 0.25) is 19.1 Å². The van der Waals surface area contributed by atoms with Crippen LogP contribution in [0.15, 0.2) is 29.6 Å². The number of benzene rings is 1. The lowest BCUT2D eigenvalue weighted by molar-refractivity contribution is -0.134. The summed E-state index contributed by atoms with van der Waals surface area (Å²) < 4.78 is 7.36. The number of carbonyl (C=O) groups excluding carboxylic acids is 1. The quantitative estimate of drug-likeness (QED) is 0.286. The highest BCUT2D eigenvalue weighted by Crippen LogP contribution is 2.39. The number of aryl methyl sites for hydroxylation is 1. The molecule has 0 aliphatic rings. The zero-order valence-electron chi connectivity index (χ0n) is 19.7. The first-order chi connectivity index (χ1) is 13.3. The van der Waals surface area contributed by atoms with Crippen molar-refractivity contribution in [1.29, 1.82) is 0 Å². The maximum Gasteiger partial charge on any atom is 0.310 e. The molecular formula is C25H38O2SSi. The summed E-state index contributed by atoms with van der Waals surface area (Å²) >= 11 is 1.90. The minimum absolute atomic E-state index is 0.00620. The largest absolute Gasteiger partial charge is 0.426 e. The van der Waals surface area contributed by atoms with Crippen molar-refractivity contribution in [2.75, 3.05) is 0 Å². The molecule has 0 saturated heterocycles. The first kappa shape index (κ1) is 23.9. The number of hydrogen-bond donors (Lipinski definition) is 0. The minimum Gasteiger partial charge on any atom is -0.426 e. The van der Waals surface area contributed by atoms with Crippen molar-refractivity contribution in [3.05, 3.63) is 46.3 Å². The van der Waals surface area contributed by atoms with Crippen molar-refractivity contribution < 1.29 is 9.53 Å². The van der Waals surface area contributed by atoms with E-state index in [1.807, 2.05) is 18.3 Å². The van der Waals surface area contributed by atoms with E-state index in [0.717, 1.165) is 17.7 Å². The van der Waals surface area contributed by atoms with Gasteiger partial charge in [0.05, 0.1) is 8.07 Å². The summed E-state index contributed by atoms with van der Waals surface area (Å²) in [5.74, 6) is 0.558. The predicted molar refractivity (Wildman–Crippen MR) is 130 cm³/mol. The number of ether oxygens (including phenoxy) is 1. The Bertz CT molecular complexity index is 837. The third kappa shape index (κ3) is 6.05. The summed E-state index contributed by atoms with van der Waals surface area (Å²) in [4.78, 5) is 12.1. The first-order valence-electron chi connectivity index (χ1n) is 10.7. The third-order valence-electron chi connectivity index (χ3n) is 5.54. The zero-order valence-corrected chi connectivity index (χ0v) is 21.5. The normalized spacial score (nSPS) is 12.9. The van der Waals surface area contributed by atoms with E-state index in [-0.39, 0.29) is 16.8 Å². The van der Waals surface area contributed by atoms with Gasteiger partial charge < -0.3 is 4.74 Å². The second-order valence-electron chi connectivity index (χ2n) is 10.7. The van der Waals surface area contributed by atoms with Crippen molar-refractivity contribution in [2.45, 2.75) is 91.3 Å². The zero-order chi connectivity index (χ0) is 22.0. The lowest BCUT2D eigenvalue weighted by Gasteiger charge is -2.30. The van der Waals surface area contributed by atoms with E-state index < -0.39 is 8.07 Å². The smallest absolute Gasteiger partial charge is 0.310 e. The van der Waals surface area contributed by atoms with Gasteiger partial charge in [0.1, 0.15) is 5.75 Å². The van der Waals surface area contributed by atoms with Gasteiger partial charge >= 0.3 is 5.97 Å². The monoisotopic (exact) mass is 430 g/mol. The van der Waals surface area contributed by atoms with Gasteiger partial charge in [-0.3, -0.25) is 4.79 Å². The molecule has 2 aromatic rings. The second kappa shape index (κ2) is 8.77. The molecule has 160 valence electrons. The highest BCUT2D eigenvalue weighted by molar-refractivity contribution is 7.25. The van der Waals surface area contributed by atoms with Gasteiger partial charge in [-0.1, -0.05) is 79.8 Å². The Labute approximate surface area is 182 Å². The van der Waals surface area contributed by atoms with Crippen LogP contribution in [0.25, 0.3) is 0 Å². The molecule has 0 spiro atoms. The Balaban J connectivity index is 2.50. The molecule has 0 fully saturated rings. The molecule has 1 aromatic heterocycles. The van der Waals surface area contributed by atoms with Crippen LogP contribution < -0.4 is 9.24 Å². The number of thiophene rings is 1. The Hall–Kier alpha value is -1.39. The van der Waals surface area contributed by atoms with Crippen molar-refractivity contribution in [3.8, 4) is 5.75 Å². The van der Waals surface area contributed by atoms with Crippen LogP contribution in [0, 0.1) is 0 Å². The molecule has 4 heteroatoms. The maximum atomic E-state index is 12.1. The van der Waals surface area contributed by atoms with E-state index in [1.54, 1.807) is 4.50 Å². The molecule has 1 aromatic carbocycles. The number of rotatable bonds is 6. The molecule has 2 nitrogen and oxygen atoms in total. The van der Waals surface area contributed by atoms with Gasteiger partial charge in [0.25, 0.3) is 0 Å². The molecule has 0 atom stereocenters. The second-order valence-corrected chi connectivity index (χ2v) is 16.8. The van der Waals surface area contributed by atoms with Gasteiger partial charge in [-0.05, 0) is 50.4 Å². The lowest BCUT2D eigenvalue weighted by Crippen LogP contribution is -2.39. The third-order valence-corrected chi connectivity index (χ3v) is 11.2. The molecule has 0 amide bonds. The Kier molecular flexibility index (Phi) is 7.22. The first-order valence-corrected chi connectivity index (χ1v) is 14.8. The molecule has 0 N–H and O–H groups in total. The number of esters is 1. The molecule has 29 heavy (non-hydrogen) atoms. The van der Waals surface area contributed by atoms with Gasteiger partial charge in [-0.15, -0.1) is 0 Å². The summed E-state index contributed by atoms with van der Waals surface area (Å²) in [6, 6.07) is 10.1. The summed E-state index contributed by atoms with van der Waals surface area (Å²) in [5.41, 5.74) is 3.72. The summed E-state index contributed by atoms with van der Waals surface area (Å²) in [5, 5.41) is 2.19. The van der Waals surface area contributed by atoms with Crippen LogP contribution in [0.1, 0.15) is 71.6 Å². The molecule has 0 aliphatic carbocycles. The topological polar surface area (TPSA) is 26.3 Å². The van der Waals surface area contributed by atoms with Gasteiger partial charge in [0.15, 0.2) is 0 Å². The van der Waals surface area contributed by atoms with E-state index >= 15 is 0 Å². The maximum absolute atomic E-state index is 12.1. The van der Waals surface area contributed by atoms with E-state index in [2.05, 4.69) is 84.3 Å². The lowest BCUT2D eigenvalue weighted by atomic mass is 9.78. The minimum atomic E-state index is -1.47. The standard InChI is InChI=1S/C25H38O2SSi/c1-10-22(26)27-21-17-19(24(2,3)4)18(16-20(21)25(5,6)7)13-15-29(8,9)23-12-11-14-28-23/h11-12,14,16-17H,10,13,15H2,1-9H3. The van der Waals surface area contributed by atoms with E-state index in [9.17, 15) is 4.79 Å². The molecule has 1 heterocycles. The van der Waals surface area contributed by atoms with Crippen LogP contribution in [-0.2, 0) is 22.0 Å². The average molecular weight is 431 g/mol. The molecular weight excluding hydrogens is 392 g/mol. The molecule has 0 radical (unpaired) electrons. The van der Waals surface area contributed by atoms with Gasteiger partial charge in [-0.2, -0.15) is 11.3 Å². The van der Waals surface area contributed by atoms with Gasteiger partial charge in [0, 0.05) is 12.0 Å². The van der Waals surface area contributed by atoms with Gasteiger partial charge in [0.2, 0.25) is 0 Å². The van der Waals surface area contributed by atoms with E-state index in [4.69, 9.17) is 4.74 Å². The molecule has 0 aliphatic heterocycles. The SMILES string of the molecule is CCC(=O)Oc1cc(C(C)(C)C)c(CC[Si](C)(C)c2cccs2)cc1C(C)(C)C. The molecule has 0 bridgehead atoms. The molecule has 0 unspecified atom stereocenters. The van der Waals surface area contributed by atoms with E-state index in [1.165, 1.54) is 17.2 Å². The van der Waals surface area contributed by atoms with Gasteiger partial charge in [-0.25, -0.2) is 0 Å². The summed E-state index contributed by atoms with van der Waals surface area (Å²) in [6.45, 7) is 20.1. The van der Waals surface area contributed by atoms with Crippen LogP contribution in [0.3, 0.4) is 0 Å². The van der Waals surface area contributed by atoms with E-state index in [0.29, 0.717) is 6.42 Å². The number of hydrogen-bond acceptors (Lipinski definition) is 3. The van der Waals surface area contributed by atoms with Crippen LogP contribution in [-0.4, -0.2) is 14.0 Å². The molecule has 2 rings (SSSR count). The molecule has 0 saturated carbocycles. The highest BCUT2D eigenvalue weighted by atomic mass is 32.1. The van der Waals surface area contributed by atoms with Crippen LogP contribution in [0.4, 0.5) is 0 Å². The van der Waals surface area contributed by atoms with Crippen molar-refractivity contribution >= 4 is 29.9 Å². The Morgan fingerprint density at radius 2 is 1.66 bits per heavy atom. The van der Waals surface area contributed by atoms with Crippen molar-refractivity contribution in [2.24, 2.45) is 0 Å². The van der Waals surface area contributed by atoms with Crippen LogP contribution >= 0.6 is 11.3 Å². The van der Waals surface area contributed by atoms with Crippen molar-refractivity contribution in [1.82, 2.24) is 0 Å². The van der Waals surface area contributed by atoms with Crippen LogP contribution in [0.5, 0.6) is 5.75 Å². The van der Waals surface area contributed by atoms with Crippen molar-refractivity contribution in [3.63, 3.8) is 0 Å². The Morgan fingerprint density at radius 1 is 1.03 bits per heavy atom. The fraction of sp³-hybridized carbons (Fsp3) is 0.560. The fourth-order valence-corrected chi connectivity index (χ4v) is 7.56. The number of carbonyl (C=O) groups is 1. The average Bonchev–Trinajstić information content (AvgIpc) is 3.14. The Morgan fingerprint density at radius 3 is 2.14 bits per heavy atom.